The smallest absolute Gasteiger partial charge is 0.371 e. The van der Waals surface area contributed by atoms with E-state index >= 15 is 0 Å². The van der Waals surface area contributed by atoms with E-state index in [1.165, 1.54) is 6.07 Å². The molecule has 4 heteroatoms. The minimum atomic E-state index is -1.08. The van der Waals surface area contributed by atoms with Gasteiger partial charge in [0.05, 0.1) is 0 Å². The highest BCUT2D eigenvalue weighted by Gasteiger charge is 2.10. The fourth-order valence-corrected chi connectivity index (χ4v) is 1.98. The molecule has 0 aliphatic rings. The molecule has 4 nitrogen and oxygen atoms in total. The van der Waals surface area contributed by atoms with E-state index in [9.17, 15) is 9.90 Å². The molecule has 0 atom stereocenters. The van der Waals surface area contributed by atoms with Crippen molar-refractivity contribution in [3.05, 3.63) is 54.3 Å². The number of aromatic hydroxyl groups is 1. The third-order valence-corrected chi connectivity index (χ3v) is 2.93. The van der Waals surface area contributed by atoms with Gasteiger partial charge in [-0.3, -0.25) is 0 Å². The fraction of sp³-hybridized carbons (Fsp3) is 0. The van der Waals surface area contributed by atoms with E-state index in [-0.39, 0.29) is 11.5 Å². The second-order valence-corrected chi connectivity index (χ2v) is 4.22. The average Bonchev–Trinajstić information content (AvgIpc) is 2.82. The third-order valence-electron chi connectivity index (χ3n) is 2.93. The van der Waals surface area contributed by atoms with Crippen LogP contribution in [0.5, 0.6) is 5.75 Å². The highest BCUT2D eigenvalue weighted by molar-refractivity contribution is 5.93. The topological polar surface area (TPSA) is 70.7 Å². The summed E-state index contributed by atoms with van der Waals surface area (Å²) in [4.78, 5) is 10.8. The van der Waals surface area contributed by atoms with Gasteiger partial charge < -0.3 is 14.6 Å². The van der Waals surface area contributed by atoms with Gasteiger partial charge in [0.1, 0.15) is 11.3 Å². The van der Waals surface area contributed by atoms with E-state index in [4.69, 9.17) is 9.52 Å². The molecule has 0 saturated carbocycles. The lowest BCUT2D eigenvalue weighted by atomic mass is 10.0. The number of hydrogen-bond donors (Lipinski definition) is 2. The van der Waals surface area contributed by atoms with Gasteiger partial charge in [0.15, 0.2) is 0 Å². The second kappa shape index (κ2) is 4.17. The van der Waals surface area contributed by atoms with Crippen LogP contribution in [0.2, 0.25) is 0 Å². The van der Waals surface area contributed by atoms with E-state index in [1.54, 1.807) is 30.3 Å². The van der Waals surface area contributed by atoms with Crippen LogP contribution >= 0.6 is 0 Å². The van der Waals surface area contributed by atoms with Gasteiger partial charge in [-0.25, -0.2) is 4.79 Å². The van der Waals surface area contributed by atoms with Crippen LogP contribution < -0.4 is 0 Å². The van der Waals surface area contributed by atoms with Gasteiger partial charge in [0, 0.05) is 5.39 Å². The zero-order valence-electron chi connectivity index (χ0n) is 9.83. The minimum absolute atomic E-state index is 0.0714. The number of carboxylic acids is 1. The summed E-state index contributed by atoms with van der Waals surface area (Å²) in [6.07, 6.45) is 0. The van der Waals surface area contributed by atoms with Gasteiger partial charge in [-0.05, 0) is 41.5 Å². The van der Waals surface area contributed by atoms with Crippen molar-refractivity contribution in [2.45, 2.75) is 0 Å². The molecule has 94 valence electrons. The number of benzene rings is 2. The molecule has 2 N–H and O–H groups in total. The highest BCUT2D eigenvalue weighted by atomic mass is 16.4. The maximum Gasteiger partial charge on any atom is 0.371 e. The Labute approximate surface area is 108 Å². The van der Waals surface area contributed by atoms with Gasteiger partial charge in [-0.1, -0.05) is 18.2 Å². The SMILES string of the molecule is O=C(O)c1cc2cc(-c3ccc(O)cc3)ccc2o1. The molecule has 0 unspecified atom stereocenters. The number of phenols is 1. The largest absolute Gasteiger partial charge is 0.508 e. The van der Waals surface area contributed by atoms with Crippen LogP contribution in [0.4, 0.5) is 0 Å². The van der Waals surface area contributed by atoms with Crippen molar-refractivity contribution in [3.8, 4) is 16.9 Å². The molecule has 19 heavy (non-hydrogen) atoms. The van der Waals surface area contributed by atoms with Crippen LogP contribution in [-0.4, -0.2) is 16.2 Å². The number of phenolic OH excluding ortho intramolecular Hbond substituents is 1. The summed E-state index contributed by atoms with van der Waals surface area (Å²) >= 11 is 0. The summed E-state index contributed by atoms with van der Waals surface area (Å²) in [6, 6.07) is 13.8. The summed E-state index contributed by atoms with van der Waals surface area (Å²) in [5.41, 5.74) is 2.42. The van der Waals surface area contributed by atoms with Crippen molar-refractivity contribution in [2.75, 3.05) is 0 Å². The van der Waals surface area contributed by atoms with Crippen molar-refractivity contribution in [1.82, 2.24) is 0 Å². The molecule has 3 rings (SSSR count). The molecule has 0 amide bonds. The summed E-state index contributed by atoms with van der Waals surface area (Å²) in [5, 5.41) is 18.9. The van der Waals surface area contributed by atoms with Crippen LogP contribution in [0.3, 0.4) is 0 Å². The van der Waals surface area contributed by atoms with E-state index in [0.29, 0.717) is 5.58 Å². The average molecular weight is 254 g/mol. The van der Waals surface area contributed by atoms with Gasteiger partial charge in [0.2, 0.25) is 5.76 Å². The number of rotatable bonds is 2. The summed E-state index contributed by atoms with van der Waals surface area (Å²) in [5.74, 6) is -0.943. The Morgan fingerprint density at radius 2 is 1.63 bits per heavy atom. The molecule has 0 aliphatic heterocycles. The predicted molar refractivity (Wildman–Crippen MR) is 70.3 cm³/mol. The molecule has 3 aromatic rings. The Morgan fingerprint density at radius 1 is 0.947 bits per heavy atom. The first-order valence-electron chi connectivity index (χ1n) is 5.70. The Bertz CT molecular complexity index is 753. The molecule has 1 heterocycles. The molecule has 0 bridgehead atoms. The number of fused-ring (bicyclic) bond motifs is 1. The molecule has 0 saturated heterocycles. The van der Waals surface area contributed by atoms with Crippen molar-refractivity contribution in [3.63, 3.8) is 0 Å². The van der Waals surface area contributed by atoms with Crippen molar-refractivity contribution < 1.29 is 19.4 Å². The molecule has 0 aliphatic carbocycles. The highest BCUT2D eigenvalue weighted by Crippen LogP contribution is 2.27. The van der Waals surface area contributed by atoms with E-state index in [1.807, 2.05) is 12.1 Å². The Kier molecular flexibility index (Phi) is 2.49. The predicted octanol–water partition coefficient (Wildman–Crippen LogP) is 3.50. The van der Waals surface area contributed by atoms with Crippen LogP contribution in [0.15, 0.2) is 52.9 Å². The third kappa shape index (κ3) is 2.04. The lowest BCUT2D eigenvalue weighted by molar-refractivity contribution is 0.0665. The summed E-state index contributed by atoms with van der Waals surface area (Å²) in [7, 11) is 0. The van der Waals surface area contributed by atoms with Crippen LogP contribution in [-0.2, 0) is 0 Å². The van der Waals surface area contributed by atoms with Crippen molar-refractivity contribution in [1.29, 1.82) is 0 Å². The van der Waals surface area contributed by atoms with Gasteiger partial charge in [-0.15, -0.1) is 0 Å². The Morgan fingerprint density at radius 3 is 2.32 bits per heavy atom. The zero-order chi connectivity index (χ0) is 13.4. The first kappa shape index (κ1) is 11.3. The number of furan rings is 1. The molecular formula is C15H10O4. The fourth-order valence-electron chi connectivity index (χ4n) is 1.98. The number of hydrogen-bond acceptors (Lipinski definition) is 3. The monoisotopic (exact) mass is 254 g/mol. The summed E-state index contributed by atoms with van der Waals surface area (Å²) < 4.78 is 5.20. The zero-order valence-corrected chi connectivity index (χ0v) is 9.83. The van der Waals surface area contributed by atoms with E-state index < -0.39 is 5.97 Å². The molecule has 0 fully saturated rings. The first-order valence-corrected chi connectivity index (χ1v) is 5.70. The normalized spacial score (nSPS) is 10.7. The standard InChI is InChI=1S/C15H10O4/c16-12-4-1-9(2-5-12)10-3-6-13-11(7-10)8-14(19-13)15(17)18/h1-8,16H,(H,17,18). The van der Waals surface area contributed by atoms with E-state index in [0.717, 1.165) is 16.5 Å². The molecule has 0 radical (unpaired) electrons. The van der Waals surface area contributed by atoms with Crippen molar-refractivity contribution in [2.24, 2.45) is 0 Å². The van der Waals surface area contributed by atoms with Crippen molar-refractivity contribution >= 4 is 16.9 Å². The Balaban J connectivity index is 2.10. The Hall–Kier alpha value is -2.75. The molecule has 0 spiro atoms. The number of carbonyl (C=O) groups is 1. The first-order chi connectivity index (χ1) is 9.13. The number of aromatic carboxylic acids is 1. The summed E-state index contributed by atoms with van der Waals surface area (Å²) in [6.45, 7) is 0. The van der Waals surface area contributed by atoms with Gasteiger partial charge in [0.25, 0.3) is 0 Å². The van der Waals surface area contributed by atoms with Crippen LogP contribution in [0, 0.1) is 0 Å². The van der Waals surface area contributed by atoms with E-state index in [2.05, 4.69) is 0 Å². The minimum Gasteiger partial charge on any atom is -0.508 e. The quantitative estimate of drug-likeness (QED) is 0.734. The number of carboxylic acid groups (broad SMARTS) is 1. The van der Waals surface area contributed by atoms with Crippen LogP contribution in [0.1, 0.15) is 10.6 Å². The van der Waals surface area contributed by atoms with Gasteiger partial charge >= 0.3 is 5.97 Å². The van der Waals surface area contributed by atoms with Gasteiger partial charge in [-0.2, -0.15) is 0 Å². The molecule has 2 aromatic carbocycles. The van der Waals surface area contributed by atoms with Crippen LogP contribution in [0.25, 0.3) is 22.1 Å². The maximum absolute atomic E-state index is 10.8. The maximum atomic E-state index is 10.8. The second-order valence-electron chi connectivity index (χ2n) is 4.22. The lowest BCUT2D eigenvalue weighted by Gasteiger charge is -2.01. The lowest BCUT2D eigenvalue weighted by Crippen LogP contribution is -1.91. The molecule has 1 aromatic heterocycles. The molecular weight excluding hydrogens is 244 g/mol.